The normalized spacial score (nSPS) is 24.2. The summed E-state index contributed by atoms with van der Waals surface area (Å²) in [4.78, 5) is 0. The minimum absolute atomic E-state index is 0.236. The maximum absolute atomic E-state index is 13.0. The molecule has 0 amide bonds. The molecule has 0 spiro atoms. The van der Waals surface area contributed by atoms with Gasteiger partial charge in [-0.1, -0.05) is 15.9 Å². The lowest BCUT2D eigenvalue weighted by molar-refractivity contribution is 0.0674. The molecule has 1 aromatic rings. The van der Waals surface area contributed by atoms with Gasteiger partial charge in [-0.05, 0) is 35.9 Å². The van der Waals surface area contributed by atoms with Crippen molar-refractivity contribution in [3.8, 4) is 0 Å². The van der Waals surface area contributed by atoms with Gasteiger partial charge in [-0.15, -0.1) is 0 Å². The highest BCUT2D eigenvalue weighted by molar-refractivity contribution is 9.10. The largest absolute Gasteiger partial charge is 0.388 e. The zero-order valence-electron chi connectivity index (χ0n) is 9.38. The Morgan fingerprint density at radius 1 is 1.53 bits per heavy atom. The molecule has 17 heavy (non-hydrogen) atoms. The molecule has 0 bridgehead atoms. The molecule has 0 aromatic heterocycles. The zero-order valence-corrected chi connectivity index (χ0v) is 11.8. The molecule has 1 aliphatic heterocycles. The smallest absolute Gasteiger partial charge is 0.123 e. The number of nitrogens with one attached hydrogen (secondary N) is 1. The summed E-state index contributed by atoms with van der Waals surface area (Å²) >= 11 is 5.16. The molecule has 2 nitrogen and oxygen atoms in total. The van der Waals surface area contributed by atoms with E-state index < -0.39 is 5.60 Å². The maximum atomic E-state index is 13.0. The molecule has 2 N–H and O–H groups in total. The quantitative estimate of drug-likeness (QED) is 0.894. The first-order chi connectivity index (χ1) is 8.09. The fourth-order valence-electron chi connectivity index (χ4n) is 1.84. The highest BCUT2D eigenvalue weighted by Gasteiger charge is 2.30. The number of rotatable bonds is 4. The second-order valence-corrected chi connectivity index (χ2v) is 6.33. The molecule has 0 radical (unpaired) electrons. The molecule has 1 saturated heterocycles. The fraction of sp³-hybridized carbons (Fsp3) is 0.500. The number of benzene rings is 1. The SMILES string of the molecule is O[C@]1(CNCc2cc(F)ccc2Br)CCSC1. The summed E-state index contributed by atoms with van der Waals surface area (Å²) in [5, 5.41) is 13.3. The molecule has 2 rings (SSSR count). The van der Waals surface area contributed by atoms with E-state index in [0.717, 1.165) is 28.0 Å². The van der Waals surface area contributed by atoms with Crippen molar-refractivity contribution >= 4 is 27.7 Å². The Morgan fingerprint density at radius 3 is 3.06 bits per heavy atom. The van der Waals surface area contributed by atoms with Crippen molar-refractivity contribution in [1.29, 1.82) is 0 Å². The number of thioether (sulfide) groups is 1. The van der Waals surface area contributed by atoms with Gasteiger partial charge in [-0.2, -0.15) is 11.8 Å². The van der Waals surface area contributed by atoms with Crippen molar-refractivity contribution in [2.75, 3.05) is 18.1 Å². The molecular formula is C12H15BrFNOS. The van der Waals surface area contributed by atoms with Crippen LogP contribution >= 0.6 is 27.7 Å². The standard InChI is InChI=1S/C12H15BrFNOS/c13-11-2-1-10(14)5-9(11)6-15-7-12(16)3-4-17-8-12/h1-2,5,15-16H,3-4,6-8H2/t12-/m0/s1. The van der Waals surface area contributed by atoms with E-state index in [-0.39, 0.29) is 5.82 Å². The van der Waals surface area contributed by atoms with Gasteiger partial charge >= 0.3 is 0 Å². The van der Waals surface area contributed by atoms with Gasteiger partial charge in [0, 0.05) is 23.3 Å². The van der Waals surface area contributed by atoms with E-state index >= 15 is 0 Å². The van der Waals surface area contributed by atoms with Crippen LogP contribution in [-0.2, 0) is 6.54 Å². The van der Waals surface area contributed by atoms with E-state index in [1.807, 2.05) is 0 Å². The van der Waals surface area contributed by atoms with Gasteiger partial charge in [0.15, 0.2) is 0 Å². The first-order valence-corrected chi connectivity index (χ1v) is 7.49. The maximum Gasteiger partial charge on any atom is 0.123 e. The average molecular weight is 320 g/mol. The lowest BCUT2D eigenvalue weighted by Crippen LogP contribution is -2.40. The summed E-state index contributed by atoms with van der Waals surface area (Å²) in [5.41, 5.74) is 0.282. The van der Waals surface area contributed by atoms with E-state index in [9.17, 15) is 9.50 Å². The van der Waals surface area contributed by atoms with E-state index in [0.29, 0.717) is 13.1 Å². The molecule has 1 aromatic carbocycles. The van der Waals surface area contributed by atoms with Crippen molar-refractivity contribution in [3.63, 3.8) is 0 Å². The number of hydrogen-bond acceptors (Lipinski definition) is 3. The van der Waals surface area contributed by atoms with Crippen LogP contribution in [-0.4, -0.2) is 28.8 Å². The molecule has 1 aliphatic rings. The zero-order chi connectivity index (χ0) is 12.3. The Labute approximate surface area is 113 Å². The van der Waals surface area contributed by atoms with E-state index in [1.54, 1.807) is 17.8 Å². The minimum Gasteiger partial charge on any atom is -0.388 e. The molecule has 94 valence electrons. The van der Waals surface area contributed by atoms with Gasteiger partial charge in [0.25, 0.3) is 0 Å². The van der Waals surface area contributed by atoms with Crippen molar-refractivity contribution in [2.45, 2.75) is 18.6 Å². The van der Waals surface area contributed by atoms with Crippen LogP contribution in [0.4, 0.5) is 4.39 Å². The monoisotopic (exact) mass is 319 g/mol. The van der Waals surface area contributed by atoms with E-state index in [4.69, 9.17) is 0 Å². The van der Waals surface area contributed by atoms with Gasteiger partial charge < -0.3 is 10.4 Å². The average Bonchev–Trinajstić information content (AvgIpc) is 2.71. The molecule has 0 unspecified atom stereocenters. The van der Waals surface area contributed by atoms with Crippen LogP contribution in [0.2, 0.25) is 0 Å². The molecule has 1 fully saturated rings. The van der Waals surface area contributed by atoms with Crippen LogP contribution in [0.3, 0.4) is 0 Å². The fourth-order valence-corrected chi connectivity index (χ4v) is 3.53. The predicted molar refractivity (Wildman–Crippen MR) is 72.7 cm³/mol. The molecular weight excluding hydrogens is 305 g/mol. The summed E-state index contributed by atoms with van der Waals surface area (Å²) in [6, 6.07) is 4.63. The van der Waals surface area contributed by atoms with Gasteiger partial charge in [0.2, 0.25) is 0 Å². The lowest BCUT2D eigenvalue weighted by atomic mass is 10.0. The highest BCUT2D eigenvalue weighted by atomic mass is 79.9. The third-order valence-electron chi connectivity index (χ3n) is 2.86. The van der Waals surface area contributed by atoms with Crippen LogP contribution < -0.4 is 5.32 Å². The predicted octanol–water partition coefficient (Wildman–Crippen LogP) is 2.55. The second-order valence-electron chi connectivity index (χ2n) is 4.37. The van der Waals surface area contributed by atoms with Gasteiger partial charge in [-0.25, -0.2) is 4.39 Å². The van der Waals surface area contributed by atoms with Crippen LogP contribution in [0.15, 0.2) is 22.7 Å². The highest BCUT2D eigenvalue weighted by Crippen LogP contribution is 2.27. The number of halogens is 2. The molecule has 5 heteroatoms. The Morgan fingerprint density at radius 2 is 2.35 bits per heavy atom. The second kappa shape index (κ2) is 5.69. The Bertz CT molecular complexity index is 396. The van der Waals surface area contributed by atoms with Crippen molar-refractivity contribution in [3.05, 3.63) is 34.1 Å². The van der Waals surface area contributed by atoms with Crippen LogP contribution in [0.1, 0.15) is 12.0 Å². The lowest BCUT2D eigenvalue weighted by Gasteiger charge is -2.21. The van der Waals surface area contributed by atoms with Crippen LogP contribution in [0, 0.1) is 5.82 Å². The van der Waals surface area contributed by atoms with Gasteiger partial charge in [0.1, 0.15) is 5.82 Å². The molecule has 0 saturated carbocycles. The molecule has 0 aliphatic carbocycles. The Hall–Kier alpha value is -0.100. The molecule has 1 heterocycles. The van der Waals surface area contributed by atoms with Gasteiger partial charge in [-0.3, -0.25) is 0 Å². The summed E-state index contributed by atoms with van der Waals surface area (Å²) in [7, 11) is 0. The Balaban J connectivity index is 1.87. The minimum atomic E-state index is -0.593. The summed E-state index contributed by atoms with van der Waals surface area (Å²) in [5.74, 6) is 1.56. The van der Waals surface area contributed by atoms with Gasteiger partial charge in [0.05, 0.1) is 5.60 Å². The number of aliphatic hydroxyl groups is 1. The third kappa shape index (κ3) is 3.68. The first kappa shape index (κ1) is 13.3. The third-order valence-corrected chi connectivity index (χ3v) is 4.87. The van der Waals surface area contributed by atoms with Crippen molar-refractivity contribution in [1.82, 2.24) is 5.32 Å². The topological polar surface area (TPSA) is 32.3 Å². The summed E-state index contributed by atoms with van der Waals surface area (Å²) in [6.45, 7) is 1.12. The summed E-state index contributed by atoms with van der Waals surface area (Å²) in [6.07, 6.45) is 0.828. The van der Waals surface area contributed by atoms with Crippen molar-refractivity contribution < 1.29 is 9.50 Å². The molecule has 1 atom stereocenters. The number of hydrogen-bond donors (Lipinski definition) is 2. The van der Waals surface area contributed by atoms with Crippen molar-refractivity contribution in [2.24, 2.45) is 0 Å². The Kier molecular flexibility index (Phi) is 4.47. The first-order valence-electron chi connectivity index (χ1n) is 5.54. The van der Waals surface area contributed by atoms with E-state index in [2.05, 4.69) is 21.2 Å². The summed E-state index contributed by atoms with van der Waals surface area (Å²) < 4.78 is 13.9. The van der Waals surface area contributed by atoms with E-state index in [1.165, 1.54) is 12.1 Å². The van der Waals surface area contributed by atoms with Crippen LogP contribution in [0.5, 0.6) is 0 Å². The van der Waals surface area contributed by atoms with Crippen LogP contribution in [0.25, 0.3) is 0 Å².